The van der Waals surface area contributed by atoms with E-state index in [9.17, 15) is 4.79 Å². The second-order valence-electron chi connectivity index (χ2n) is 8.44. The van der Waals surface area contributed by atoms with Crippen LogP contribution >= 0.6 is 0 Å². The van der Waals surface area contributed by atoms with E-state index in [-0.39, 0.29) is 5.78 Å². The number of ketones is 1. The van der Waals surface area contributed by atoms with Crippen LogP contribution in [0.25, 0.3) is 6.08 Å². The molecule has 1 saturated heterocycles. The normalized spacial score (nSPS) is 16.8. The van der Waals surface area contributed by atoms with E-state index in [1.165, 1.54) is 11.4 Å². The molecule has 3 aromatic carbocycles. The zero-order valence-corrected chi connectivity index (χ0v) is 19.1. The van der Waals surface area contributed by atoms with Crippen LogP contribution in [0.3, 0.4) is 0 Å². The topological polar surface area (TPSA) is 42.0 Å². The Morgan fingerprint density at radius 3 is 1.94 bits per heavy atom. The molecule has 0 saturated carbocycles. The molecule has 1 fully saturated rings. The van der Waals surface area contributed by atoms with Crippen molar-refractivity contribution in [2.75, 3.05) is 50.2 Å². The van der Waals surface area contributed by atoms with Crippen LogP contribution in [0.4, 0.5) is 11.4 Å². The van der Waals surface area contributed by atoms with E-state index in [2.05, 4.69) is 64.4 Å². The van der Waals surface area contributed by atoms with Crippen LogP contribution in [0.2, 0.25) is 0 Å². The number of benzene rings is 3. The van der Waals surface area contributed by atoms with Crippen LogP contribution in [0, 0.1) is 0 Å². The molecule has 5 nitrogen and oxygen atoms in total. The number of piperazine rings is 1. The molecule has 0 spiro atoms. The lowest BCUT2D eigenvalue weighted by molar-refractivity contribution is 0.104. The fraction of sp³-hybridized carbons (Fsp3) is 0.250. The number of nitrogens with zero attached hydrogens (tertiary/aromatic N) is 2. The van der Waals surface area contributed by atoms with Crippen molar-refractivity contribution in [2.45, 2.75) is 6.42 Å². The Balaban J connectivity index is 1.27. The van der Waals surface area contributed by atoms with Gasteiger partial charge in [-0.15, -0.1) is 0 Å². The van der Waals surface area contributed by atoms with Gasteiger partial charge in [-0.25, -0.2) is 0 Å². The fourth-order valence-corrected chi connectivity index (χ4v) is 4.70. The Labute approximate surface area is 194 Å². The molecule has 0 aromatic heterocycles. The third-order valence-corrected chi connectivity index (χ3v) is 6.53. The van der Waals surface area contributed by atoms with Gasteiger partial charge in [-0.3, -0.25) is 4.79 Å². The molecule has 0 bridgehead atoms. The van der Waals surface area contributed by atoms with Gasteiger partial charge in [0.15, 0.2) is 17.3 Å². The molecule has 0 atom stereocenters. The van der Waals surface area contributed by atoms with Crippen LogP contribution in [0.1, 0.15) is 21.5 Å². The maximum atomic E-state index is 13.0. The summed E-state index contributed by atoms with van der Waals surface area (Å²) in [5.74, 6) is 1.30. The molecule has 1 aliphatic heterocycles. The van der Waals surface area contributed by atoms with Gasteiger partial charge in [0, 0.05) is 55.1 Å². The summed E-state index contributed by atoms with van der Waals surface area (Å²) in [6, 6.07) is 22.8. The first-order valence-electron chi connectivity index (χ1n) is 11.3. The zero-order valence-electron chi connectivity index (χ0n) is 19.1. The third-order valence-electron chi connectivity index (χ3n) is 6.53. The molecule has 168 valence electrons. The van der Waals surface area contributed by atoms with Crippen LogP contribution in [-0.2, 0) is 6.42 Å². The number of fused-ring (bicyclic) bond motifs is 1. The van der Waals surface area contributed by atoms with Crippen LogP contribution in [-0.4, -0.2) is 46.2 Å². The molecule has 5 rings (SSSR count). The minimum absolute atomic E-state index is 0.0621. The minimum Gasteiger partial charge on any atom is -0.493 e. The minimum atomic E-state index is 0.0621. The Kier molecular flexibility index (Phi) is 5.78. The maximum absolute atomic E-state index is 13.0. The fourth-order valence-electron chi connectivity index (χ4n) is 4.70. The molecule has 0 unspecified atom stereocenters. The molecule has 0 radical (unpaired) electrons. The zero-order chi connectivity index (χ0) is 22.8. The summed E-state index contributed by atoms with van der Waals surface area (Å²) < 4.78 is 10.8. The Morgan fingerprint density at radius 2 is 1.33 bits per heavy atom. The monoisotopic (exact) mass is 440 g/mol. The van der Waals surface area contributed by atoms with Crippen molar-refractivity contribution in [2.24, 2.45) is 0 Å². The van der Waals surface area contributed by atoms with Crippen molar-refractivity contribution in [3.05, 3.63) is 89.0 Å². The predicted octanol–water partition coefficient (Wildman–Crippen LogP) is 4.85. The number of allylic oxidation sites excluding steroid dienone is 1. The maximum Gasteiger partial charge on any atom is 0.189 e. The van der Waals surface area contributed by atoms with Gasteiger partial charge in [0.1, 0.15) is 0 Å². The predicted molar refractivity (Wildman–Crippen MR) is 133 cm³/mol. The molecule has 0 N–H and O–H groups in total. The number of anilines is 2. The lowest BCUT2D eigenvalue weighted by Gasteiger charge is -2.37. The summed E-state index contributed by atoms with van der Waals surface area (Å²) in [5, 5.41) is 0. The van der Waals surface area contributed by atoms with E-state index in [0.717, 1.165) is 42.9 Å². The van der Waals surface area contributed by atoms with E-state index in [1.807, 2.05) is 12.1 Å². The van der Waals surface area contributed by atoms with Gasteiger partial charge < -0.3 is 19.3 Å². The first-order chi connectivity index (χ1) is 16.2. The smallest absolute Gasteiger partial charge is 0.189 e. The largest absolute Gasteiger partial charge is 0.493 e. The number of methoxy groups -OCH3 is 2. The molecule has 0 amide bonds. The second-order valence-corrected chi connectivity index (χ2v) is 8.44. The quantitative estimate of drug-likeness (QED) is 0.531. The van der Waals surface area contributed by atoms with Crippen molar-refractivity contribution >= 4 is 23.2 Å². The van der Waals surface area contributed by atoms with E-state index in [4.69, 9.17) is 9.47 Å². The number of para-hydroxylation sites is 1. The van der Waals surface area contributed by atoms with Crippen molar-refractivity contribution in [3.8, 4) is 11.5 Å². The summed E-state index contributed by atoms with van der Waals surface area (Å²) in [6.45, 7) is 4.00. The number of rotatable bonds is 5. The third kappa shape index (κ3) is 4.19. The number of hydrogen-bond donors (Lipinski definition) is 0. The highest BCUT2D eigenvalue weighted by Gasteiger charge is 2.27. The number of hydrogen-bond acceptors (Lipinski definition) is 5. The molecular formula is C28H28N2O3. The number of ether oxygens (including phenoxy) is 2. The molecule has 3 aromatic rings. The molecule has 1 heterocycles. The highest BCUT2D eigenvalue weighted by atomic mass is 16.5. The number of Topliss-reactive ketones (excluding diaryl/α,β-unsaturated/α-hetero) is 1. The van der Waals surface area contributed by atoms with Gasteiger partial charge in [-0.05, 0) is 53.6 Å². The Bertz CT molecular complexity index is 1180. The van der Waals surface area contributed by atoms with E-state index in [0.29, 0.717) is 23.5 Å². The number of carbonyl (C=O) groups is 1. The second kappa shape index (κ2) is 9.02. The lowest BCUT2D eigenvalue weighted by atomic mass is 10.1. The van der Waals surface area contributed by atoms with Crippen molar-refractivity contribution in [3.63, 3.8) is 0 Å². The highest BCUT2D eigenvalue weighted by molar-refractivity contribution is 6.16. The lowest BCUT2D eigenvalue weighted by Crippen LogP contribution is -2.46. The number of carbonyl (C=O) groups excluding carboxylic acids is 1. The average Bonchev–Trinajstić information content (AvgIpc) is 3.18. The summed E-state index contributed by atoms with van der Waals surface area (Å²) >= 11 is 0. The van der Waals surface area contributed by atoms with E-state index in [1.54, 1.807) is 20.3 Å². The first-order valence-corrected chi connectivity index (χ1v) is 11.3. The van der Waals surface area contributed by atoms with Gasteiger partial charge in [-0.1, -0.05) is 30.3 Å². The van der Waals surface area contributed by atoms with Gasteiger partial charge >= 0.3 is 0 Å². The summed E-state index contributed by atoms with van der Waals surface area (Å²) in [6.07, 6.45) is 2.61. The van der Waals surface area contributed by atoms with Crippen molar-refractivity contribution < 1.29 is 14.3 Å². The molecule has 1 aliphatic carbocycles. The Hall–Kier alpha value is -3.73. The summed E-state index contributed by atoms with van der Waals surface area (Å²) in [7, 11) is 3.20. The van der Waals surface area contributed by atoms with E-state index < -0.39 is 0 Å². The van der Waals surface area contributed by atoms with Gasteiger partial charge in [0.25, 0.3) is 0 Å². The van der Waals surface area contributed by atoms with E-state index >= 15 is 0 Å². The first kappa shape index (κ1) is 21.1. The van der Waals surface area contributed by atoms with Gasteiger partial charge in [-0.2, -0.15) is 0 Å². The summed E-state index contributed by atoms with van der Waals surface area (Å²) in [5.41, 5.74) is 6.03. The SMILES string of the molecule is COc1cc2c(cc1OC)C(=O)/C(=C/c1ccc(N3CCN(c4ccccc4)CC3)cc1)C2. The molecule has 5 heteroatoms. The van der Waals surface area contributed by atoms with Crippen molar-refractivity contribution in [1.82, 2.24) is 0 Å². The van der Waals surface area contributed by atoms with Gasteiger partial charge in [0.05, 0.1) is 14.2 Å². The van der Waals surface area contributed by atoms with Gasteiger partial charge in [0.2, 0.25) is 0 Å². The molecular weight excluding hydrogens is 412 g/mol. The van der Waals surface area contributed by atoms with Crippen LogP contribution in [0.15, 0.2) is 72.3 Å². The van der Waals surface area contributed by atoms with Crippen molar-refractivity contribution in [1.29, 1.82) is 0 Å². The standard InChI is InChI=1S/C28H28N2O3/c1-32-26-18-21-17-22(28(31)25(21)19-27(26)33-2)16-20-8-10-24(11-9-20)30-14-12-29(13-15-30)23-6-4-3-5-7-23/h3-11,16,18-19H,12-15,17H2,1-2H3/b22-16+. The highest BCUT2D eigenvalue weighted by Crippen LogP contribution is 2.37. The molecule has 33 heavy (non-hydrogen) atoms. The molecule has 2 aliphatic rings. The van der Waals surface area contributed by atoms with Crippen LogP contribution in [0.5, 0.6) is 11.5 Å². The van der Waals surface area contributed by atoms with Crippen LogP contribution < -0.4 is 19.3 Å². The summed E-state index contributed by atoms with van der Waals surface area (Å²) in [4.78, 5) is 17.8. The average molecular weight is 441 g/mol. The Morgan fingerprint density at radius 1 is 0.758 bits per heavy atom.